The Balaban J connectivity index is 1.57. The maximum atomic E-state index is 13.1. The summed E-state index contributed by atoms with van der Waals surface area (Å²) < 4.78 is 16.6. The fraction of sp³-hybridized carbons (Fsp3) is 0.273. The lowest BCUT2D eigenvalue weighted by molar-refractivity contribution is -0.160. The van der Waals surface area contributed by atoms with Crippen molar-refractivity contribution in [2.24, 2.45) is 0 Å². The third-order valence-electron chi connectivity index (χ3n) is 4.82. The highest BCUT2D eigenvalue weighted by atomic mass is 35.5. The molecule has 2 heterocycles. The molecule has 7 heteroatoms. The lowest BCUT2D eigenvalue weighted by atomic mass is 10.1. The van der Waals surface area contributed by atoms with Crippen molar-refractivity contribution in [1.82, 2.24) is 4.90 Å². The summed E-state index contributed by atoms with van der Waals surface area (Å²) in [5, 5.41) is 0.544. The number of morpholine rings is 1. The smallest absolute Gasteiger partial charge is 0.338 e. The minimum atomic E-state index is -1.02. The van der Waals surface area contributed by atoms with Crippen LogP contribution in [0.15, 0.2) is 54.1 Å². The number of benzene rings is 2. The molecule has 1 saturated heterocycles. The Hall–Kier alpha value is -2.83. The van der Waals surface area contributed by atoms with Crippen LogP contribution in [0.2, 0.25) is 5.02 Å². The van der Waals surface area contributed by atoms with Gasteiger partial charge in [-0.15, -0.1) is 0 Å². The predicted octanol–water partition coefficient (Wildman–Crippen LogP) is 3.26. The molecule has 0 N–H and O–H groups in total. The van der Waals surface area contributed by atoms with Crippen LogP contribution in [0.25, 0.3) is 6.08 Å². The summed E-state index contributed by atoms with van der Waals surface area (Å²) >= 11 is 6.03. The molecule has 4 rings (SSSR count). The molecule has 1 atom stereocenters. The summed E-state index contributed by atoms with van der Waals surface area (Å²) in [6.45, 7) is 1.95. The Morgan fingerprint density at radius 1 is 1.07 bits per heavy atom. The molecule has 2 aliphatic rings. The van der Waals surface area contributed by atoms with Crippen molar-refractivity contribution >= 4 is 29.6 Å². The zero-order valence-electron chi connectivity index (χ0n) is 15.7. The predicted molar refractivity (Wildman–Crippen MR) is 108 cm³/mol. The van der Waals surface area contributed by atoms with Crippen LogP contribution in [0.5, 0.6) is 5.75 Å². The maximum absolute atomic E-state index is 13.1. The zero-order valence-corrected chi connectivity index (χ0v) is 16.4. The van der Waals surface area contributed by atoms with Crippen molar-refractivity contribution in [3.8, 4) is 5.75 Å². The number of hydrogen-bond donors (Lipinski definition) is 0. The Bertz CT molecular complexity index is 937. The second kappa shape index (κ2) is 8.68. The molecule has 150 valence electrons. The lowest BCUT2D eigenvalue weighted by Crippen LogP contribution is -2.44. The number of carbonyl (C=O) groups is 2. The lowest BCUT2D eigenvalue weighted by Gasteiger charge is -2.30. The first-order chi connectivity index (χ1) is 14.1. The van der Waals surface area contributed by atoms with Crippen molar-refractivity contribution in [3.63, 3.8) is 0 Å². The molecular formula is C22H20ClNO5. The molecule has 0 bridgehead atoms. The van der Waals surface area contributed by atoms with Crippen molar-refractivity contribution in [3.05, 3.63) is 70.3 Å². The van der Waals surface area contributed by atoms with E-state index in [-0.39, 0.29) is 12.5 Å². The van der Waals surface area contributed by atoms with E-state index < -0.39 is 12.1 Å². The largest absolute Gasteiger partial charge is 0.488 e. The third-order valence-corrected chi connectivity index (χ3v) is 5.06. The Morgan fingerprint density at radius 3 is 2.59 bits per heavy atom. The summed E-state index contributed by atoms with van der Waals surface area (Å²) in [6.07, 6.45) is 0.664. The molecule has 6 nitrogen and oxygen atoms in total. The minimum absolute atomic E-state index is 0.0702. The molecule has 1 unspecified atom stereocenters. The van der Waals surface area contributed by atoms with Crippen molar-refractivity contribution in [1.29, 1.82) is 0 Å². The molecule has 0 spiro atoms. The Labute approximate surface area is 173 Å². The number of carbonyl (C=O) groups excluding carboxylic acids is 2. The normalized spacial score (nSPS) is 16.9. The standard InChI is InChI=1S/C22H20ClNO5/c23-18-6-7-19-16(13-18)12-17(14-28-19)22(26)29-20(15-4-2-1-3-5-15)21(25)24-8-10-27-11-9-24/h1-7,12-13,20H,8-11,14H2. The zero-order chi connectivity index (χ0) is 20.2. The van der Waals surface area contributed by atoms with Crippen LogP contribution in [-0.4, -0.2) is 49.7 Å². The van der Waals surface area contributed by atoms with E-state index in [2.05, 4.69) is 0 Å². The highest BCUT2D eigenvalue weighted by Gasteiger charge is 2.32. The molecule has 1 amide bonds. The fourth-order valence-electron chi connectivity index (χ4n) is 3.29. The fourth-order valence-corrected chi connectivity index (χ4v) is 3.47. The van der Waals surface area contributed by atoms with E-state index in [9.17, 15) is 9.59 Å². The average Bonchev–Trinajstić information content (AvgIpc) is 2.77. The summed E-state index contributed by atoms with van der Waals surface area (Å²) in [4.78, 5) is 27.6. The van der Waals surface area contributed by atoms with Gasteiger partial charge in [0, 0.05) is 29.2 Å². The van der Waals surface area contributed by atoms with Gasteiger partial charge >= 0.3 is 5.97 Å². The minimum Gasteiger partial charge on any atom is -0.488 e. The summed E-state index contributed by atoms with van der Waals surface area (Å²) in [7, 11) is 0. The van der Waals surface area contributed by atoms with Crippen LogP contribution in [0.3, 0.4) is 0 Å². The summed E-state index contributed by atoms with van der Waals surface area (Å²) in [6, 6.07) is 14.2. The van der Waals surface area contributed by atoms with Gasteiger partial charge in [-0.2, -0.15) is 0 Å². The first-order valence-electron chi connectivity index (χ1n) is 9.37. The quantitative estimate of drug-likeness (QED) is 0.720. The molecular weight excluding hydrogens is 394 g/mol. The Morgan fingerprint density at radius 2 is 1.83 bits per heavy atom. The molecule has 0 aromatic heterocycles. The monoisotopic (exact) mass is 413 g/mol. The van der Waals surface area contributed by atoms with Gasteiger partial charge in [0.15, 0.2) is 0 Å². The molecule has 2 aromatic carbocycles. The van der Waals surface area contributed by atoms with Crippen LogP contribution in [0, 0.1) is 0 Å². The van der Waals surface area contributed by atoms with Crippen molar-refractivity contribution in [2.75, 3.05) is 32.9 Å². The van der Waals surface area contributed by atoms with Crippen LogP contribution < -0.4 is 4.74 Å². The highest BCUT2D eigenvalue weighted by molar-refractivity contribution is 6.30. The van der Waals surface area contributed by atoms with Crippen LogP contribution >= 0.6 is 11.6 Å². The molecule has 0 radical (unpaired) electrons. The summed E-state index contributed by atoms with van der Waals surface area (Å²) in [5.41, 5.74) is 1.65. The number of rotatable bonds is 4. The third kappa shape index (κ3) is 4.44. The molecule has 1 fully saturated rings. The highest BCUT2D eigenvalue weighted by Crippen LogP contribution is 2.30. The van der Waals surface area contributed by atoms with Crippen molar-refractivity contribution < 1.29 is 23.8 Å². The van der Waals surface area contributed by atoms with Gasteiger partial charge in [-0.3, -0.25) is 4.79 Å². The Kier molecular flexibility index (Phi) is 5.83. The van der Waals surface area contributed by atoms with Gasteiger partial charge < -0.3 is 19.1 Å². The molecule has 2 aromatic rings. The van der Waals surface area contributed by atoms with Crippen LogP contribution in [0.4, 0.5) is 0 Å². The first kappa shape index (κ1) is 19.5. The van der Waals surface area contributed by atoms with Gasteiger partial charge in [0.2, 0.25) is 6.10 Å². The molecule has 0 saturated carbocycles. The van der Waals surface area contributed by atoms with E-state index in [1.54, 1.807) is 41.3 Å². The molecule has 29 heavy (non-hydrogen) atoms. The number of amides is 1. The van der Waals surface area contributed by atoms with E-state index in [4.69, 9.17) is 25.8 Å². The van der Waals surface area contributed by atoms with Gasteiger partial charge in [0.05, 0.1) is 18.8 Å². The van der Waals surface area contributed by atoms with Crippen molar-refractivity contribution in [2.45, 2.75) is 6.10 Å². The maximum Gasteiger partial charge on any atom is 0.338 e. The second-order valence-corrected chi connectivity index (χ2v) is 7.21. The number of nitrogens with zero attached hydrogens (tertiary/aromatic N) is 1. The number of ether oxygens (including phenoxy) is 3. The van der Waals surface area contributed by atoms with Gasteiger partial charge in [0.25, 0.3) is 5.91 Å². The van der Waals surface area contributed by atoms with E-state index >= 15 is 0 Å². The van der Waals surface area contributed by atoms with Gasteiger partial charge in [-0.25, -0.2) is 4.79 Å². The van der Waals surface area contributed by atoms with E-state index in [1.165, 1.54) is 0 Å². The number of halogens is 1. The number of esters is 1. The number of hydrogen-bond acceptors (Lipinski definition) is 5. The first-order valence-corrected chi connectivity index (χ1v) is 9.75. The van der Waals surface area contributed by atoms with Crippen LogP contribution in [0.1, 0.15) is 17.2 Å². The van der Waals surface area contributed by atoms with E-state index in [0.717, 1.165) is 0 Å². The number of fused-ring (bicyclic) bond motifs is 1. The molecule has 0 aliphatic carbocycles. The average molecular weight is 414 g/mol. The van der Waals surface area contributed by atoms with Gasteiger partial charge in [-0.1, -0.05) is 41.9 Å². The van der Waals surface area contributed by atoms with Gasteiger partial charge in [-0.05, 0) is 24.3 Å². The second-order valence-electron chi connectivity index (χ2n) is 6.77. The summed E-state index contributed by atoms with van der Waals surface area (Å²) in [5.74, 6) is -0.199. The van der Waals surface area contributed by atoms with Gasteiger partial charge in [0.1, 0.15) is 12.4 Å². The van der Waals surface area contributed by atoms with E-state index in [1.807, 2.05) is 18.2 Å². The molecule has 2 aliphatic heterocycles. The van der Waals surface area contributed by atoms with E-state index in [0.29, 0.717) is 53.8 Å². The SMILES string of the molecule is O=C(OC(C(=O)N1CCOCC1)c1ccccc1)C1=Cc2cc(Cl)ccc2OC1. The van der Waals surface area contributed by atoms with Crippen LogP contribution in [-0.2, 0) is 19.1 Å². The topological polar surface area (TPSA) is 65.1 Å².